The Morgan fingerprint density at radius 3 is 2.57 bits per heavy atom. The molecule has 0 aliphatic carbocycles. The maximum atomic E-state index is 13.2. The number of benzene rings is 1. The summed E-state index contributed by atoms with van der Waals surface area (Å²) >= 11 is 0. The molecule has 1 aliphatic heterocycles. The van der Waals surface area contributed by atoms with Crippen LogP contribution in [0.2, 0.25) is 0 Å². The topological polar surface area (TPSA) is 114 Å². The minimum Gasteiger partial charge on any atom is -0.352 e. The SMILES string of the molecule is Cc1nnc2c(C(=O)NCCC3=Nc4ccccc4C(C)C3C)cc(C(=O)NCc3ccncc3)cn12. The van der Waals surface area contributed by atoms with Gasteiger partial charge in [0.05, 0.1) is 16.8 Å². The summed E-state index contributed by atoms with van der Waals surface area (Å²) < 4.78 is 1.67. The summed E-state index contributed by atoms with van der Waals surface area (Å²) in [6.45, 7) is 6.95. The molecule has 0 bridgehead atoms. The summed E-state index contributed by atoms with van der Waals surface area (Å²) in [5.74, 6) is 0.633. The van der Waals surface area contributed by atoms with E-state index in [1.165, 1.54) is 5.56 Å². The maximum absolute atomic E-state index is 13.2. The van der Waals surface area contributed by atoms with Gasteiger partial charge in [-0.3, -0.25) is 24.0 Å². The Morgan fingerprint density at radius 2 is 1.76 bits per heavy atom. The first-order valence-corrected chi connectivity index (χ1v) is 12.4. The van der Waals surface area contributed by atoms with Crippen LogP contribution >= 0.6 is 0 Å². The average Bonchev–Trinajstić information content (AvgIpc) is 3.30. The summed E-state index contributed by atoms with van der Waals surface area (Å²) in [7, 11) is 0. The second kappa shape index (κ2) is 10.3. The molecular formula is C28H29N7O2. The van der Waals surface area contributed by atoms with Gasteiger partial charge in [-0.2, -0.15) is 0 Å². The van der Waals surface area contributed by atoms with Crippen LogP contribution in [0.4, 0.5) is 5.69 Å². The highest BCUT2D eigenvalue weighted by molar-refractivity contribution is 6.03. The predicted octanol–water partition coefficient (Wildman–Crippen LogP) is 4.01. The van der Waals surface area contributed by atoms with Crippen LogP contribution in [0.15, 0.2) is 66.0 Å². The number of amides is 2. The van der Waals surface area contributed by atoms with Crippen molar-refractivity contribution < 1.29 is 9.59 Å². The van der Waals surface area contributed by atoms with Crippen molar-refractivity contribution in [1.29, 1.82) is 0 Å². The fourth-order valence-corrected chi connectivity index (χ4v) is 4.65. The van der Waals surface area contributed by atoms with Crippen molar-refractivity contribution in [3.05, 3.63) is 89.1 Å². The number of carbonyl (C=O) groups is 2. The lowest BCUT2D eigenvalue weighted by Gasteiger charge is -2.28. The van der Waals surface area contributed by atoms with Crippen molar-refractivity contribution >= 4 is 28.9 Å². The molecule has 2 unspecified atom stereocenters. The molecule has 9 heteroatoms. The zero-order valence-electron chi connectivity index (χ0n) is 21.1. The standard InChI is InChI=1S/C28H29N7O2/c1-17-18(2)24(32-25-7-5-4-6-22(17)25)10-13-30-28(37)23-14-21(16-35-19(3)33-34-26(23)35)27(36)31-15-20-8-11-29-12-9-20/h4-9,11-12,14,16-18H,10,13,15H2,1-3H3,(H,30,37)(H,31,36). The fourth-order valence-electron chi connectivity index (χ4n) is 4.65. The molecule has 4 aromatic rings. The number of para-hydroxylation sites is 1. The monoisotopic (exact) mass is 495 g/mol. The molecule has 2 atom stereocenters. The van der Waals surface area contributed by atoms with Crippen molar-refractivity contribution in [3.63, 3.8) is 0 Å². The fraction of sp³-hybridized carbons (Fsp3) is 0.286. The Morgan fingerprint density at radius 1 is 0.973 bits per heavy atom. The molecule has 0 saturated carbocycles. The van der Waals surface area contributed by atoms with E-state index in [1.54, 1.807) is 36.0 Å². The van der Waals surface area contributed by atoms with E-state index >= 15 is 0 Å². The highest BCUT2D eigenvalue weighted by Gasteiger charge is 2.26. The molecular weight excluding hydrogens is 466 g/mol. The Kier molecular flexibility index (Phi) is 6.76. The molecule has 5 rings (SSSR count). The highest BCUT2D eigenvalue weighted by Crippen LogP contribution is 2.38. The summed E-state index contributed by atoms with van der Waals surface area (Å²) in [6, 6.07) is 13.4. The number of hydrogen-bond donors (Lipinski definition) is 2. The number of rotatable bonds is 7. The number of nitrogens with one attached hydrogen (secondary N) is 2. The summed E-state index contributed by atoms with van der Waals surface area (Å²) in [6.07, 6.45) is 5.64. The molecule has 0 spiro atoms. The van der Waals surface area contributed by atoms with Crippen molar-refractivity contribution in [3.8, 4) is 0 Å². The van der Waals surface area contributed by atoms with Crippen molar-refractivity contribution in [2.45, 2.75) is 39.7 Å². The van der Waals surface area contributed by atoms with Gasteiger partial charge in [-0.05, 0) is 48.2 Å². The lowest BCUT2D eigenvalue weighted by molar-refractivity contribution is 0.0950. The average molecular weight is 496 g/mol. The number of carbonyl (C=O) groups excluding carboxylic acids is 2. The van der Waals surface area contributed by atoms with Gasteiger partial charge in [0.2, 0.25) is 0 Å². The number of pyridine rings is 2. The minimum atomic E-state index is -0.307. The Bertz CT molecular complexity index is 1490. The lowest BCUT2D eigenvalue weighted by Crippen LogP contribution is -2.30. The first kappa shape index (κ1) is 24.3. The van der Waals surface area contributed by atoms with Gasteiger partial charge in [-0.1, -0.05) is 32.0 Å². The van der Waals surface area contributed by atoms with E-state index in [9.17, 15) is 9.59 Å². The molecule has 0 saturated heterocycles. The number of hydrogen-bond acceptors (Lipinski definition) is 6. The maximum Gasteiger partial charge on any atom is 0.255 e. The van der Waals surface area contributed by atoms with Crippen LogP contribution in [0.25, 0.3) is 5.65 Å². The molecule has 1 aliphatic rings. The van der Waals surface area contributed by atoms with E-state index in [-0.39, 0.29) is 17.7 Å². The van der Waals surface area contributed by atoms with Crippen molar-refractivity contribution in [2.75, 3.05) is 6.54 Å². The molecule has 2 amide bonds. The molecule has 2 N–H and O–H groups in total. The van der Waals surface area contributed by atoms with Gasteiger partial charge >= 0.3 is 0 Å². The molecule has 9 nitrogen and oxygen atoms in total. The number of aryl methyl sites for hydroxylation is 1. The molecule has 188 valence electrons. The zero-order valence-corrected chi connectivity index (χ0v) is 21.1. The van der Waals surface area contributed by atoms with Gasteiger partial charge in [-0.15, -0.1) is 10.2 Å². The van der Waals surface area contributed by atoms with E-state index in [1.807, 2.05) is 30.3 Å². The van der Waals surface area contributed by atoms with E-state index in [0.717, 1.165) is 17.0 Å². The second-order valence-electron chi connectivity index (χ2n) is 9.37. The van der Waals surface area contributed by atoms with Gasteiger partial charge in [0.15, 0.2) is 5.65 Å². The van der Waals surface area contributed by atoms with Crippen LogP contribution in [0, 0.1) is 12.8 Å². The van der Waals surface area contributed by atoms with Crippen LogP contribution in [-0.2, 0) is 6.54 Å². The normalized spacial score (nSPS) is 16.7. The van der Waals surface area contributed by atoms with Crippen LogP contribution in [0.1, 0.15) is 63.9 Å². The van der Waals surface area contributed by atoms with Crippen LogP contribution in [0.5, 0.6) is 0 Å². The Balaban J connectivity index is 1.31. The summed E-state index contributed by atoms with van der Waals surface area (Å²) in [5.41, 5.74) is 5.32. The smallest absolute Gasteiger partial charge is 0.255 e. The molecule has 0 radical (unpaired) electrons. The first-order chi connectivity index (χ1) is 17.9. The van der Waals surface area contributed by atoms with Crippen molar-refractivity contribution in [2.24, 2.45) is 10.9 Å². The van der Waals surface area contributed by atoms with Crippen LogP contribution < -0.4 is 10.6 Å². The third kappa shape index (κ3) is 4.97. The number of aromatic nitrogens is 4. The Hall–Kier alpha value is -4.40. The first-order valence-electron chi connectivity index (χ1n) is 12.4. The highest BCUT2D eigenvalue weighted by atomic mass is 16.2. The quantitative estimate of drug-likeness (QED) is 0.402. The van der Waals surface area contributed by atoms with Crippen molar-refractivity contribution in [1.82, 2.24) is 30.2 Å². The van der Waals surface area contributed by atoms with Gasteiger partial charge in [0.25, 0.3) is 11.8 Å². The van der Waals surface area contributed by atoms with Crippen LogP contribution in [0.3, 0.4) is 0 Å². The van der Waals surface area contributed by atoms with Gasteiger partial charge in [-0.25, -0.2) is 0 Å². The zero-order chi connectivity index (χ0) is 25.9. The number of fused-ring (bicyclic) bond motifs is 2. The minimum absolute atomic E-state index is 0.282. The summed E-state index contributed by atoms with van der Waals surface area (Å²) in [5, 5.41) is 14.2. The molecule has 37 heavy (non-hydrogen) atoms. The molecule has 1 aromatic carbocycles. The molecule has 3 aromatic heterocycles. The third-order valence-corrected chi connectivity index (χ3v) is 7.02. The molecule has 4 heterocycles. The number of aliphatic imine (C=N–C) groups is 1. The number of nitrogens with zero attached hydrogens (tertiary/aromatic N) is 5. The van der Waals surface area contributed by atoms with E-state index in [2.05, 4.69) is 45.7 Å². The van der Waals surface area contributed by atoms with E-state index in [0.29, 0.717) is 48.0 Å². The summed E-state index contributed by atoms with van der Waals surface area (Å²) in [4.78, 5) is 35.0. The van der Waals surface area contributed by atoms with Gasteiger partial charge in [0.1, 0.15) is 5.82 Å². The largest absolute Gasteiger partial charge is 0.352 e. The van der Waals surface area contributed by atoms with E-state index < -0.39 is 0 Å². The predicted molar refractivity (Wildman–Crippen MR) is 141 cm³/mol. The lowest BCUT2D eigenvalue weighted by atomic mass is 9.81. The second-order valence-corrected chi connectivity index (χ2v) is 9.37. The van der Waals surface area contributed by atoms with E-state index in [4.69, 9.17) is 4.99 Å². The Labute approximate surface area is 215 Å². The third-order valence-electron chi connectivity index (χ3n) is 7.02. The molecule has 0 fully saturated rings. The van der Waals surface area contributed by atoms with Gasteiger partial charge < -0.3 is 10.6 Å². The van der Waals surface area contributed by atoms with Gasteiger partial charge in [0, 0.05) is 49.7 Å². The van der Waals surface area contributed by atoms with Crippen LogP contribution in [-0.4, -0.2) is 43.7 Å².